The maximum atomic E-state index is 10.7. The number of aliphatic hydroxyl groups excluding tert-OH is 1. The third-order valence-corrected chi connectivity index (χ3v) is 16.6. The van der Waals surface area contributed by atoms with Crippen molar-refractivity contribution < 1.29 is 96.1 Å². The van der Waals surface area contributed by atoms with Gasteiger partial charge < -0.3 is 30.6 Å². The monoisotopic (exact) mass is 1190 g/mol. The molecule has 0 aliphatic rings. The fraction of sp³-hybridized carbons (Fsp3) is 0.333. The van der Waals surface area contributed by atoms with E-state index in [1.165, 1.54) is 91.0 Å². The maximum absolute atomic E-state index is 10.7. The number of phenols is 4. The van der Waals surface area contributed by atoms with Gasteiger partial charge in [-0.25, -0.2) is 29.9 Å². The van der Waals surface area contributed by atoms with Crippen molar-refractivity contribution in [1.82, 2.24) is 29.9 Å². The Morgan fingerprint density at radius 3 is 0.584 bits per heavy atom. The summed E-state index contributed by atoms with van der Waals surface area (Å²) in [5, 5.41) is 55.3. The molecule has 14 heteroatoms. The second-order valence-electron chi connectivity index (χ2n) is 20.2. The first-order valence-corrected chi connectivity index (χ1v) is 25.2. The number of aromatic hydroxyl groups is 4. The number of hydrogen-bond donors (Lipinski definition) is 6. The summed E-state index contributed by atoms with van der Waals surface area (Å²) in [6.45, 7) is 41.8. The van der Waals surface area contributed by atoms with Crippen molar-refractivity contribution in [1.29, 1.82) is 0 Å². The van der Waals surface area contributed by atoms with Gasteiger partial charge in [-0.3, -0.25) is 0 Å². The third kappa shape index (κ3) is 12.3. The molecule has 12 nitrogen and oxygen atoms in total. The van der Waals surface area contributed by atoms with Crippen LogP contribution < -0.4 is 0 Å². The Balaban J connectivity index is 0.000000309. The van der Waals surface area contributed by atoms with Gasteiger partial charge in [0.2, 0.25) is 0 Å². The summed E-state index contributed by atoms with van der Waals surface area (Å²) in [6.07, 6.45) is 0. The van der Waals surface area contributed by atoms with E-state index in [1.54, 1.807) is 12.1 Å². The van der Waals surface area contributed by atoms with E-state index in [1.807, 2.05) is 0 Å². The summed E-state index contributed by atoms with van der Waals surface area (Å²) in [5.41, 5.74) is 28.8. The molecule has 0 spiro atoms. The van der Waals surface area contributed by atoms with Gasteiger partial charge in [-0.15, -0.1) is 0 Å². The van der Waals surface area contributed by atoms with Gasteiger partial charge in [-0.1, -0.05) is 0 Å². The van der Waals surface area contributed by atoms with Gasteiger partial charge in [-0.2, -0.15) is 0 Å². The Bertz CT molecular complexity index is 3080. The van der Waals surface area contributed by atoms with Crippen LogP contribution in [-0.4, -0.2) is 67.3 Å². The summed E-state index contributed by atoms with van der Waals surface area (Å²) in [6, 6.07) is 8.98. The Morgan fingerprint density at radius 1 is 0.260 bits per heavy atom. The number of aliphatic hydroxyl groups is 2. The van der Waals surface area contributed by atoms with Crippen molar-refractivity contribution >= 4 is 0 Å². The number of benzene rings is 6. The molecule has 0 atom stereocenters. The van der Waals surface area contributed by atoms with Crippen LogP contribution in [0.15, 0.2) is 36.4 Å². The molecule has 0 aliphatic carbocycles. The molecule has 77 heavy (non-hydrogen) atoms. The van der Waals surface area contributed by atoms with Crippen LogP contribution in [0.3, 0.4) is 0 Å². The Hall–Kier alpha value is -5.33. The van der Waals surface area contributed by atoms with E-state index in [2.05, 4.69) is 138 Å². The van der Waals surface area contributed by atoms with Gasteiger partial charge in [0, 0.05) is 99.8 Å². The molecule has 2 radical (unpaired) electrons. The first-order valence-electron chi connectivity index (χ1n) is 25.2. The van der Waals surface area contributed by atoms with Gasteiger partial charge in [-0.05, 0) is 274 Å². The molecule has 0 saturated carbocycles. The second kappa shape index (κ2) is 25.6. The van der Waals surface area contributed by atoms with E-state index in [9.17, 15) is 20.4 Å². The predicted molar refractivity (Wildman–Crippen MR) is 303 cm³/mol. The molecule has 0 amide bonds. The fourth-order valence-corrected chi connectivity index (χ4v) is 10.2. The quantitative estimate of drug-likeness (QED) is 0.0863. The maximum Gasteiger partial charge on any atom is 0.167 e. The topological polar surface area (TPSA) is 199 Å². The Morgan fingerprint density at radius 2 is 0.416 bits per heavy atom. The summed E-state index contributed by atoms with van der Waals surface area (Å²) in [5.74, 6) is 2.89. The second-order valence-corrected chi connectivity index (χ2v) is 20.2. The van der Waals surface area contributed by atoms with Crippen molar-refractivity contribution in [2.75, 3.05) is 6.79 Å². The number of phenolic OH excluding ortho intramolecular Hbond substituents is 4. The molecule has 8 aromatic rings. The van der Waals surface area contributed by atoms with Crippen molar-refractivity contribution in [3.8, 4) is 91.3 Å². The summed E-state index contributed by atoms with van der Waals surface area (Å²) in [4.78, 5) is 29.6. The van der Waals surface area contributed by atoms with Crippen LogP contribution in [0.1, 0.15) is 111 Å². The van der Waals surface area contributed by atoms with Crippen LogP contribution in [0, 0.1) is 138 Å². The van der Waals surface area contributed by atoms with E-state index in [0.717, 1.165) is 66.8 Å². The van der Waals surface area contributed by atoms with Crippen molar-refractivity contribution in [2.45, 2.75) is 138 Å². The summed E-state index contributed by atoms with van der Waals surface area (Å²) < 4.78 is 0. The normalized spacial score (nSPS) is 10.8. The van der Waals surface area contributed by atoms with E-state index in [0.29, 0.717) is 46.1 Å². The van der Waals surface area contributed by atoms with Gasteiger partial charge in [0.15, 0.2) is 34.9 Å². The van der Waals surface area contributed by atoms with Crippen molar-refractivity contribution in [2.24, 2.45) is 0 Å². The van der Waals surface area contributed by atoms with Crippen LogP contribution in [-0.2, 0) is 65.4 Å². The minimum atomic E-state index is -0.750. The van der Waals surface area contributed by atoms with Crippen LogP contribution in [0.5, 0.6) is 23.0 Å². The van der Waals surface area contributed by atoms with Gasteiger partial charge in [0.05, 0.1) is 11.1 Å². The first kappa shape index (κ1) is 64.2. The van der Waals surface area contributed by atoms with E-state index >= 15 is 0 Å². The zero-order valence-electron chi connectivity index (χ0n) is 48.7. The number of rotatable bonds is 6. The SMILES string of the molecule is Cc1c(C)c(C)c(-c2nc(-c3ccc(O)cc3O)nc(-c3c(C)c(C)c(C)c(C)c3C)n2)c(C)c1C.Cc1c(C)c(C)c(-c2nc(-c3ccc(O)cc3O)nc(-c3c(C)c(C)c(C)c(C)c3C)n2)c(C)c1C.OCO.[Y].[Y]. The average Bonchev–Trinajstić information content (AvgIpc) is 3.36. The number of nitrogens with zero attached hydrogens (tertiary/aromatic N) is 6. The molecule has 0 bridgehead atoms. The molecule has 6 aromatic carbocycles. The predicted octanol–water partition coefficient (Wildman–Crippen LogP) is 13.7. The van der Waals surface area contributed by atoms with E-state index in [4.69, 9.17) is 40.1 Å². The minimum absolute atomic E-state index is 0. The van der Waals surface area contributed by atoms with Crippen molar-refractivity contribution in [3.63, 3.8) is 0 Å². The smallest absolute Gasteiger partial charge is 0.167 e. The average molecular weight is 1190 g/mol. The molecular formula is C63H74N6O6Y2. The molecule has 398 valence electrons. The summed E-state index contributed by atoms with van der Waals surface area (Å²) in [7, 11) is 0. The number of hydrogen-bond acceptors (Lipinski definition) is 12. The molecule has 2 heterocycles. The van der Waals surface area contributed by atoms with Gasteiger partial charge in [0.25, 0.3) is 0 Å². The Kier molecular flexibility index (Phi) is 21.4. The van der Waals surface area contributed by atoms with Gasteiger partial charge >= 0.3 is 0 Å². The van der Waals surface area contributed by atoms with E-state index < -0.39 is 6.79 Å². The first-order chi connectivity index (χ1) is 35.1. The minimum Gasteiger partial charge on any atom is -0.508 e. The van der Waals surface area contributed by atoms with Crippen LogP contribution in [0.4, 0.5) is 0 Å². The third-order valence-electron chi connectivity index (χ3n) is 16.6. The van der Waals surface area contributed by atoms with Crippen molar-refractivity contribution in [3.05, 3.63) is 148 Å². The zero-order chi connectivity index (χ0) is 56.0. The molecular weight excluding hydrogens is 1110 g/mol. The molecule has 0 saturated heterocycles. The Labute approximate surface area is 505 Å². The standard InChI is InChI=1S/2C31H35N3O2.CH4O2.2Y/c2*1-14-16(3)20(7)27(21(8)17(14)4)30-32-29(25-12-11-24(35)13-26(25)36)33-31(34-30)28-22(9)18(5)15(2)19(6)23(28)10;2-1-3;;/h2*11-13,35-36H,1-10H3;2-3H,1H2;;. The molecule has 8 rings (SSSR count). The zero-order valence-corrected chi connectivity index (χ0v) is 54.4. The van der Waals surface area contributed by atoms with Gasteiger partial charge in [0.1, 0.15) is 29.8 Å². The van der Waals surface area contributed by atoms with Crippen LogP contribution in [0.2, 0.25) is 0 Å². The summed E-state index contributed by atoms with van der Waals surface area (Å²) >= 11 is 0. The fourth-order valence-electron chi connectivity index (χ4n) is 10.2. The van der Waals surface area contributed by atoms with Crippen LogP contribution >= 0.6 is 0 Å². The number of aromatic nitrogens is 6. The molecule has 0 aliphatic heterocycles. The molecule has 0 unspecified atom stereocenters. The molecule has 0 fully saturated rings. The van der Waals surface area contributed by atoms with E-state index in [-0.39, 0.29) is 88.4 Å². The molecule has 2 aromatic heterocycles. The van der Waals surface area contributed by atoms with Crippen LogP contribution in [0.25, 0.3) is 68.3 Å². The largest absolute Gasteiger partial charge is 0.508 e. The molecule has 6 N–H and O–H groups in total.